The molecule has 0 N–H and O–H groups in total. The molecule has 0 radical (unpaired) electrons. The maximum atomic E-state index is 13.1. The average molecular weight is 399 g/mol. The molecular weight excluding hydrogens is 371 g/mol. The third-order valence-electron chi connectivity index (χ3n) is 5.93. The lowest BCUT2D eigenvalue weighted by atomic mass is 10.0. The molecule has 4 rings (SSSR count). The van der Waals surface area contributed by atoms with Crippen molar-refractivity contribution in [2.45, 2.75) is 43.9 Å². The maximum absolute atomic E-state index is 13.1. The molecule has 0 aromatic carbocycles. The van der Waals surface area contributed by atoms with Crippen LogP contribution in [0.2, 0.25) is 0 Å². The Hall–Kier alpha value is -1.45. The van der Waals surface area contributed by atoms with Crippen LogP contribution in [0.3, 0.4) is 0 Å². The van der Waals surface area contributed by atoms with Crippen molar-refractivity contribution in [1.82, 2.24) is 19.8 Å². The third-order valence-corrected chi connectivity index (χ3v) is 5.93. The number of likely N-dealkylation sites (tertiary alicyclic amines) is 1. The van der Waals surface area contributed by atoms with Gasteiger partial charge in [0, 0.05) is 57.4 Å². The molecule has 1 aromatic rings. The van der Waals surface area contributed by atoms with E-state index >= 15 is 0 Å². The molecule has 2 saturated heterocycles. The molecule has 0 spiro atoms. The Kier molecular flexibility index (Phi) is 6.03. The van der Waals surface area contributed by atoms with Gasteiger partial charge in [0.2, 0.25) is 0 Å². The smallest absolute Gasteiger partial charge is 0.379 e. The number of piperidine rings is 1. The molecule has 3 fully saturated rings. The molecule has 0 bridgehead atoms. The number of anilines is 1. The molecule has 28 heavy (non-hydrogen) atoms. The zero-order valence-electron chi connectivity index (χ0n) is 16.1. The molecular formula is C19H28F3N5O. The van der Waals surface area contributed by atoms with E-state index in [9.17, 15) is 13.2 Å². The van der Waals surface area contributed by atoms with Crippen molar-refractivity contribution in [1.29, 1.82) is 0 Å². The topological polar surface area (TPSA) is 44.7 Å². The maximum Gasteiger partial charge on any atom is 0.433 e. The Morgan fingerprint density at radius 2 is 1.54 bits per heavy atom. The van der Waals surface area contributed by atoms with Crippen LogP contribution in [0.25, 0.3) is 0 Å². The van der Waals surface area contributed by atoms with Crippen LogP contribution in [0.5, 0.6) is 0 Å². The van der Waals surface area contributed by atoms with Gasteiger partial charge in [-0.3, -0.25) is 4.90 Å². The summed E-state index contributed by atoms with van der Waals surface area (Å²) in [6.07, 6.45) is 0.599. The molecule has 156 valence electrons. The predicted molar refractivity (Wildman–Crippen MR) is 99.3 cm³/mol. The summed E-state index contributed by atoms with van der Waals surface area (Å²) in [7, 11) is 0. The summed E-state index contributed by atoms with van der Waals surface area (Å²) < 4.78 is 44.5. The number of halogens is 3. The fourth-order valence-electron chi connectivity index (χ4n) is 4.20. The standard InChI is InChI=1S/C19H28F3N5O/c20-19(21,22)17-13-18(24-14-23-17)27(15-1-2-15)16-3-5-25(6-4-16)7-8-26-9-11-28-12-10-26/h13-16H,1-12H2. The van der Waals surface area contributed by atoms with E-state index in [4.69, 9.17) is 4.74 Å². The van der Waals surface area contributed by atoms with Gasteiger partial charge in [-0.25, -0.2) is 9.97 Å². The summed E-state index contributed by atoms with van der Waals surface area (Å²) in [5, 5.41) is 0. The Bertz CT molecular complexity index is 641. The molecule has 1 aliphatic carbocycles. The molecule has 0 unspecified atom stereocenters. The van der Waals surface area contributed by atoms with Crippen molar-refractivity contribution >= 4 is 5.82 Å². The van der Waals surface area contributed by atoms with Gasteiger partial charge in [0.15, 0.2) is 0 Å². The number of morpholine rings is 1. The van der Waals surface area contributed by atoms with E-state index in [0.29, 0.717) is 11.9 Å². The minimum absolute atomic E-state index is 0.253. The second-order valence-electron chi connectivity index (χ2n) is 7.92. The molecule has 3 heterocycles. The molecule has 6 nitrogen and oxygen atoms in total. The van der Waals surface area contributed by atoms with Gasteiger partial charge in [0.25, 0.3) is 0 Å². The Labute approximate surface area is 163 Å². The monoisotopic (exact) mass is 399 g/mol. The highest BCUT2D eigenvalue weighted by Crippen LogP contribution is 2.37. The van der Waals surface area contributed by atoms with Crippen molar-refractivity contribution in [3.63, 3.8) is 0 Å². The number of hydrogen-bond donors (Lipinski definition) is 0. The SMILES string of the molecule is FC(F)(F)c1cc(N(C2CC2)C2CCN(CCN3CCOCC3)CC2)ncn1. The first-order valence-electron chi connectivity index (χ1n) is 10.2. The van der Waals surface area contributed by atoms with Crippen LogP contribution < -0.4 is 4.90 Å². The van der Waals surface area contributed by atoms with Crippen molar-refractivity contribution in [2.75, 3.05) is 57.4 Å². The van der Waals surface area contributed by atoms with Crippen LogP contribution in [0, 0.1) is 0 Å². The summed E-state index contributed by atoms with van der Waals surface area (Å²) in [6.45, 7) is 7.70. The van der Waals surface area contributed by atoms with Crippen LogP contribution in [-0.4, -0.2) is 84.3 Å². The van der Waals surface area contributed by atoms with Crippen molar-refractivity contribution in [3.05, 3.63) is 18.1 Å². The highest BCUT2D eigenvalue weighted by Gasteiger charge is 2.38. The Morgan fingerprint density at radius 3 is 2.14 bits per heavy atom. The first-order chi connectivity index (χ1) is 13.5. The quantitative estimate of drug-likeness (QED) is 0.731. The van der Waals surface area contributed by atoms with Crippen LogP contribution in [0.1, 0.15) is 31.4 Å². The van der Waals surface area contributed by atoms with Gasteiger partial charge in [0.1, 0.15) is 17.8 Å². The number of nitrogens with zero attached hydrogens (tertiary/aromatic N) is 5. The highest BCUT2D eigenvalue weighted by molar-refractivity contribution is 5.44. The van der Waals surface area contributed by atoms with E-state index in [-0.39, 0.29) is 6.04 Å². The summed E-state index contributed by atoms with van der Waals surface area (Å²) in [6, 6.07) is 1.69. The number of hydrogen-bond acceptors (Lipinski definition) is 6. The minimum atomic E-state index is -4.43. The number of aromatic nitrogens is 2. The number of rotatable bonds is 6. The normalized spacial score (nSPS) is 23.1. The summed E-state index contributed by atoms with van der Waals surface area (Å²) in [5.41, 5.74) is -0.855. The van der Waals surface area contributed by atoms with Crippen molar-refractivity contribution < 1.29 is 17.9 Å². The lowest BCUT2D eigenvalue weighted by molar-refractivity contribution is -0.141. The lowest BCUT2D eigenvalue weighted by Gasteiger charge is -2.40. The fourth-order valence-corrected chi connectivity index (χ4v) is 4.20. The van der Waals surface area contributed by atoms with Gasteiger partial charge in [-0.05, 0) is 25.7 Å². The van der Waals surface area contributed by atoms with Crippen LogP contribution in [-0.2, 0) is 10.9 Å². The third kappa shape index (κ3) is 4.93. The Morgan fingerprint density at radius 1 is 0.929 bits per heavy atom. The number of alkyl halides is 3. The zero-order valence-corrected chi connectivity index (χ0v) is 16.1. The van der Waals surface area contributed by atoms with Gasteiger partial charge < -0.3 is 14.5 Å². The predicted octanol–water partition coefficient (Wildman–Crippen LogP) is 2.26. The van der Waals surface area contributed by atoms with E-state index in [0.717, 1.165) is 90.6 Å². The van der Waals surface area contributed by atoms with Crippen LogP contribution in [0.4, 0.5) is 19.0 Å². The molecule has 0 amide bonds. The van der Waals surface area contributed by atoms with Crippen molar-refractivity contribution in [2.24, 2.45) is 0 Å². The molecule has 2 aliphatic heterocycles. The molecule has 1 aromatic heterocycles. The van der Waals surface area contributed by atoms with Gasteiger partial charge in [0.05, 0.1) is 13.2 Å². The van der Waals surface area contributed by atoms with Crippen LogP contribution >= 0.6 is 0 Å². The Balaban J connectivity index is 1.34. The average Bonchev–Trinajstić information content (AvgIpc) is 3.53. The van der Waals surface area contributed by atoms with Gasteiger partial charge in [-0.1, -0.05) is 0 Å². The van der Waals surface area contributed by atoms with Crippen molar-refractivity contribution in [3.8, 4) is 0 Å². The number of ether oxygens (including phenoxy) is 1. The van der Waals surface area contributed by atoms with Gasteiger partial charge in [-0.2, -0.15) is 13.2 Å². The molecule has 0 atom stereocenters. The largest absolute Gasteiger partial charge is 0.433 e. The molecule has 9 heteroatoms. The van der Waals surface area contributed by atoms with E-state index < -0.39 is 11.9 Å². The molecule has 3 aliphatic rings. The zero-order chi connectivity index (χ0) is 19.6. The van der Waals surface area contributed by atoms with E-state index in [2.05, 4.69) is 24.7 Å². The minimum Gasteiger partial charge on any atom is -0.379 e. The van der Waals surface area contributed by atoms with E-state index in [1.165, 1.54) is 0 Å². The lowest BCUT2D eigenvalue weighted by Crippen LogP contribution is -2.48. The summed E-state index contributed by atoms with van der Waals surface area (Å²) in [5.74, 6) is 0.427. The second kappa shape index (κ2) is 8.51. The first-order valence-corrected chi connectivity index (χ1v) is 10.2. The van der Waals surface area contributed by atoms with E-state index in [1.54, 1.807) is 0 Å². The van der Waals surface area contributed by atoms with Crippen LogP contribution in [0.15, 0.2) is 12.4 Å². The van der Waals surface area contributed by atoms with Gasteiger partial charge >= 0.3 is 6.18 Å². The summed E-state index contributed by atoms with van der Waals surface area (Å²) in [4.78, 5) is 14.6. The van der Waals surface area contributed by atoms with E-state index in [1.807, 2.05) is 0 Å². The van der Waals surface area contributed by atoms with Gasteiger partial charge in [-0.15, -0.1) is 0 Å². The first kappa shape index (κ1) is 19.8. The molecule has 1 saturated carbocycles. The highest BCUT2D eigenvalue weighted by atomic mass is 19.4. The second-order valence-corrected chi connectivity index (χ2v) is 7.92. The fraction of sp³-hybridized carbons (Fsp3) is 0.789. The summed E-state index contributed by atoms with van der Waals surface area (Å²) >= 11 is 0.